The monoisotopic (exact) mass is 361 g/mol. The summed E-state index contributed by atoms with van der Waals surface area (Å²) >= 11 is 0. The van der Waals surface area contributed by atoms with Gasteiger partial charge in [0.1, 0.15) is 6.04 Å². The first-order valence-electron chi connectivity index (χ1n) is 8.80. The number of nitrogens with zero attached hydrogens (tertiary/aromatic N) is 6. The molecule has 2 unspecified atom stereocenters. The van der Waals surface area contributed by atoms with Gasteiger partial charge in [-0.15, -0.1) is 10.1 Å². The van der Waals surface area contributed by atoms with Crippen LogP contribution in [0.2, 0.25) is 0 Å². The van der Waals surface area contributed by atoms with E-state index in [1.165, 1.54) is 9.80 Å². The third kappa shape index (κ3) is 2.72. The topological polar surface area (TPSA) is 91.8 Å². The Bertz CT molecular complexity index is 754. The number of amides is 3. The average Bonchev–Trinajstić information content (AvgIpc) is 3.03. The highest BCUT2D eigenvalue weighted by Gasteiger charge is 2.55. The Hall–Kier alpha value is -2.55. The molecule has 9 heteroatoms. The lowest BCUT2D eigenvalue weighted by Gasteiger charge is -2.35. The molecule has 1 saturated heterocycles. The van der Waals surface area contributed by atoms with Crippen LogP contribution in [0.4, 0.5) is 4.79 Å². The molecule has 3 heterocycles. The van der Waals surface area contributed by atoms with E-state index in [9.17, 15) is 9.59 Å². The largest absolute Gasteiger partial charge is 0.416 e. The average molecular weight is 361 g/mol. The summed E-state index contributed by atoms with van der Waals surface area (Å²) < 4.78 is 1.92. The van der Waals surface area contributed by atoms with E-state index in [0.29, 0.717) is 24.8 Å². The van der Waals surface area contributed by atoms with Crippen LogP contribution >= 0.6 is 0 Å². The predicted octanol–water partition coefficient (Wildman–Crippen LogP) is 0.0681. The van der Waals surface area contributed by atoms with E-state index >= 15 is 0 Å². The van der Waals surface area contributed by atoms with Gasteiger partial charge in [0.15, 0.2) is 0 Å². The highest BCUT2D eigenvalue weighted by Crippen LogP contribution is 2.25. The van der Waals surface area contributed by atoms with Gasteiger partial charge >= 0.3 is 12.0 Å². The first kappa shape index (κ1) is 18.2. The zero-order valence-electron chi connectivity index (χ0n) is 15.6. The number of hydrogen-bond donors (Lipinski definition) is 1. The lowest BCUT2D eigenvalue weighted by molar-refractivity contribution is -0.559. The Morgan fingerprint density at radius 3 is 2.73 bits per heavy atom. The van der Waals surface area contributed by atoms with E-state index in [1.54, 1.807) is 18.1 Å². The molecule has 0 spiro atoms. The fraction of sp³-hybridized carbons (Fsp3) is 0.588. The van der Waals surface area contributed by atoms with Gasteiger partial charge < -0.3 is 5.11 Å². The molecule has 2 atom stereocenters. The lowest BCUT2D eigenvalue weighted by Crippen LogP contribution is -2.64. The van der Waals surface area contributed by atoms with Crippen LogP contribution in [0.1, 0.15) is 27.2 Å². The van der Waals surface area contributed by atoms with Crippen LogP contribution in [0, 0.1) is 0 Å². The Balaban J connectivity index is 2.02. The highest BCUT2D eigenvalue weighted by atomic mass is 16.3. The van der Waals surface area contributed by atoms with Crippen molar-refractivity contribution in [3.05, 3.63) is 12.2 Å². The van der Waals surface area contributed by atoms with Gasteiger partial charge in [0.25, 0.3) is 5.91 Å². The van der Waals surface area contributed by atoms with Crippen LogP contribution in [0.5, 0.6) is 0 Å². The Labute approximate surface area is 152 Å². The third-order valence-corrected chi connectivity index (χ3v) is 4.91. The number of aliphatic hydroxyl groups excluding tert-OH is 1. The molecule has 9 nitrogen and oxygen atoms in total. The molecular formula is C17H25N6O3+. The molecule has 0 aromatic heterocycles. The van der Waals surface area contributed by atoms with Crippen molar-refractivity contribution in [2.45, 2.75) is 39.3 Å². The second-order valence-corrected chi connectivity index (χ2v) is 6.56. The van der Waals surface area contributed by atoms with Crippen LogP contribution in [0.25, 0.3) is 0 Å². The van der Waals surface area contributed by atoms with E-state index < -0.39 is 6.04 Å². The Kier molecular flexibility index (Phi) is 4.90. The summed E-state index contributed by atoms with van der Waals surface area (Å²) in [6.45, 7) is 6.50. The summed E-state index contributed by atoms with van der Waals surface area (Å²) in [7, 11) is 1.64. The van der Waals surface area contributed by atoms with Gasteiger partial charge in [0.2, 0.25) is 11.9 Å². The van der Waals surface area contributed by atoms with Crippen molar-refractivity contribution < 1.29 is 19.3 Å². The summed E-state index contributed by atoms with van der Waals surface area (Å²) in [6, 6.07) is -1.14. The molecule has 140 valence electrons. The molecule has 3 amide bonds. The number of likely N-dealkylation sites (N-methyl/N-ethyl adjacent to an activating group) is 1. The van der Waals surface area contributed by atoms with E-state index in [2.05, 4.69) is 10.1 Å². The highest BCUT2D eigenvalue weighted by molar-refractivity contribution is 6.23. The first-order valence-corrected chi connectivity index (χ1v) is 8.80. The van der Waals surface area contributed by atoms with E-state index in [-0.39, 0.29) is 31.1 Å². The van der Waals surface area contributed by atoms with Crippen molar-refractivity contribution >= 4 is 29.4 Å². The molecule has 0 aliphatic carbocycles. The number of amidine groups is 1. The summed E-state index contributed by atoms with van der Waals surface area (Å²) in [4.78, 5) is 33.0. The van der Waals surface area contributed by atoms with Crippen LogP contribution in [-0.2, 0) is 4.79 Å². The molecule has 0 aromatic rings. The van der Waals surface area contributed by atoms with Gasteiger partial charge in [-0.05, 0) is 20.8 Å². The minimum atomic E-state index is -0.643. The maximum absolute atomic E-state index is 13.1. The van der Waals surface area contributed by atoms with E-state index in [4.69, 9.17) is 5.11 Å². The van der Waals surface area contributed by atoms with Crippen molar-refractivity contribution in [1.29, 1.82) is 0 Å². The van der Waals surface area contributed by atoms with Crippen molar-refractivity contribution in [2.75, 3.05) is 26.7 Å². The van der Waals surface area contributed by atoms with Gasteiger partial charge in [0, 0.05) is 26.6 Å². The van der Waals surface area contributed by atoms with Crippen LogP contribution in [0.15, 0.2) is 22.2 Å². The summed E-state index contributed by atoms with van der Waals surface area (Å²) in [6.07, 6.45) is 4.13. The molecule has 0 bridgehead atoms. The number of carbonyl (C=O) groups excluding carboxylic acids is 2. The quantitative estimate of drug-likeness (QED) is 0.554. The molecule has 0 aromatic carbocycles. The van der Waals surface area contributed by atoms with Crippen molar-refractivity contribution in [3.63, 3.8) is 0 Å². The maximum Gasteiger partial charge on any atom is 0.416 e. The minimum Gasteiger partial charge on any atom is -0.396 e. The van der Waals surface area contributed by atoms with E-state index in [1.807, 2.05) is 31.4 Å². The number of aliphatic imine (C=N–C) groups is 1. The van der Waals surface area contributed by atoms with Gasteiger partial charge in [-0.25, -0.2) is 9.37 Å². The second-order valence-electron chi connectivity index (χ2n) is 6.56. The van der Waals surface area contributed by atoms with Crippen LogP contribution in [-0.4, -0.2) is 92.8 Å². The number of hydrogen-bond acceptors (Lipinski definition) is 6. The Morgan fingerprint density at radius 2 is 2.08 bits per heavy atom. The molecule has 1 fully saturated rings. The summed E-state index contributed by atoms with van der Waals surface area (Å²) in [5.74, 6) is 0.707. The van der Waals surface area contributed by atoms with Gasteiger partial charge in [-0.2, -0.15) is 0 Å². The zero-order chi connectivity index (χ0) is 19.0. The van der Waals surface area contributed by atoms with Gasteiger partial charge in [-0.1, -0.05) is 17.1 Å². The number of fused-ring (bicyclic) bond motifs is 2. The molecule has 0 saturated carbocycles. The van der Waals surface area contributed by atoms with Gasteiger partial charge in [0.05, 0.1) is 12.3 Å². The van der Waals surface area contributed by atoms with Crippen molar-refractivity contribution in [2.24, 2.45) is 10.1 Å². The third-order valence-electron chi connectivity index (χ3n) is 4.91. The number of urea groups is 1. The molecular weight excluding hydrogens is 336 g/mol. The van der Waals surface area contributed by atoms with Crippen LogP contribution < -0.4 is 0 Å². The first-order chi connectivity index (χ1) is 12.4. The van der Waals surface area contributed by atoms with Crippen molar-refractivity contribution in [1.82, 2.24) is 14.8 Å². The minimum absolute atomic E-state index is 0.0440. The summed E-state index contributed by atoms with van der Waals surface area (Å²) in [5, 5.41) is 15.4. The Morgan fingerprint density at radius 1 is 1.35 bits per heavy atom. The number of aliphatic hydroxyl groups is 1. The van der Waals surface area contributed by atoms with Crippen molar-refractivity contribution in [3.8, 4) is 0 Å². The molecule has 0 radical (unpaired) electrons. The number of hydrazone groups is 1. The summed E-state index contributed by atoms with van der Waals surface area (Å²) in [5.41, 5.74) is 0.857. The predicted molar refractivity (Wildman–Crippen MR) is 97.2 cm³/mol. The van der Waals surface area contributed by atoms with Gasteiger partial charge in [-0.3, -0.25) is 14.6 Å². The molecule has 3 aliphatic heterocycles. The second kappa shape index (κ2) is 6.99. The number of allylic oxidation sites excluding steroid dienone is 1. The number of carbonyl (C=O) groups is 2. The molecule has 1 N–H and O–H groups in total. The number of guanidine groups is 1. The number of imide groups is 1. The lowest BCUT2D eigenvalue weighted by atomic mass is 10.1. The fourth-order valence-electron chi connectivity index (χ4n) is 3.33. The maximum atomic E-state index is 13.1. The smallest absolute Gasteiger partial charge is 0.396 e. The molecule has 3 aliphatic rings. The normalized spacial score (nSPS) is 25.8. The van der Waals surface area contributed by atoms with Crippen LogP contribution in [0.3, 0.4) is 0 Å². The SMILES string of the molecule is C/C=C/CN1C(=O)C2C(=NC3=[N+]2C(C)C(C)=NN3CCCO)N(C)C1=O. The zero-order valence-corrected chi connectivity index (χ0v) is 15.6. The molecule has 26 heavy (non-hydrogen) atoms. The number of rotatable bonds is 5. The standard InChI is InChI=1S/C17H25N6O3/c1-5-6-8-21-15(25)13-14(20(4)17(21)26)18-16-22(9-7-10-24)19-11(2)12(3)23(13)16/h5-6,12-13,24H,7-10H2,1-4H3/q+1/b6-5+. The molecule has 3 rings (SSSR count). The van der Waals surface area contributed by atoms with E-state index in [0.717, 1.165) is 5.71 Å². The fourth-order valence-corrected chi connectivity index (χ4v) is 3.33.